The van der Waals surface area contributed by atoms with E-state index in [1.54, 1.807) is 0 Å². The van der Waals surface area contributed by atoms with Crippen molar-refractivity contribution in [2.75, 3.05) is 13.1 Å². The zero-order valence-electron chi connectivity index (χ0n) is 11.8. The van der Waals surface area contributed by atoms with Crippen LogP contribution in [0.4, 0.5) is 0 Å². The zero-order chi connectivity index (χ0) is 13.1. The molecule has 3 heteroatoms. The van der Waals surface area contributed by atoms with Gasteiger partial charge in [-0.05, 0) is 30.6 Å². The monoisotopic (exact) mass is 240 g/mol. The first-order valence-electron chi connectivity index (χ1n) is 6.90. The van der Waals surface area contributed by atoms with Crippen LogP contribution in [-0.2, 0) is 4.79 Å². The molecule has 0 bridgehead atoms. The third kappa shape index (κ3) is 3.98. The number of rotatable bonds is 3. The molecule has 0 unspecified atom stereocenters. The molecule has 1 fully saturated rings. The van der Waals surface area contributed by atoms with Crippen molar-refractivity contribution in [3.05, 3.63) is 0 Å². The lowest BCUT2D eigenvalue weighted by molar-refractivity contribution is -0.134. The molecule has 1 aliphatic heterocycles. The average Bonchev–Trinajstić information content (AvgIpc) is 2.27. The minimum absolute atomic E-state index is 0.152. The fourth-order valence-corrected chi connectivity index (χ4v) is 2.63. The third-order valence-electron chi connectivity index (χ3n) is 3.95. The van der Waals surface area contributed by atoms with Gasteiger partial charge < -0.3 is 10.6 Å². The summed E-state index contributed by atoms with van der Waals surface area (Å²) in [6.45, 7) is 10.7. The van der Waals surface area contributed by atoms with Gasteiger partial charge in [0.2, 0.25) is 5.91 Å². The van der Waals surface area contributed by atoms with Gasteiger partial charge >= 0.3 is 0 Å². The number of amides is 1. The number of hydrogen-bond donors (Lipinski definition) is 1. The van der Waals surface area contributed by atoms with E-state index in [2.05, 4.69) is 27.7 Å². The molecule has 100 valence electrons. The van der Waals surface area contributed by atoms with Gasteiger partial charge in [-0.3, -0.25) is 4.79 Å². The van der Waals surface area contributed by atoms with Crippen LogP contribution in [0, 0.1) is 11.3 Å². The lowest BCUT2D eigenvalue weighted by atomic mass is 9.75. The number of likely N-dealkylation sites (tertiary alicyclic amines) is 1. The maximum Gasteiger partial charge on any atom is 0.239 e. The van der Waals surface area contributed by atoms with Crippen LogP contribution < -0.4 is 5.73 Å². The van der Waals surface area contributed by atoms with E-state index in [4.69, 9.17) is 5.73 Å². The number of nitrogens with two attached hydrogens (primary N) is 1. The van der Waals surface area contributed by atoms with E-state index in [1.165, 1.54) is 0 Å². The molecule has 0 aromatic heterocycles. The molecule has 1 amide bonds. The highest BCUT2D eigenvalue weighted by atomic mass is 16.2. The summed E-state index contributed by atoms with van der Waals surface area (Å²) in [5, 5.41) is 0. The van der Waals surface area contributed by atoms with Gasteiger partial charge in [0.1, 0.15) is 0 Å². The molecule has 3 nitrogen and oxygen atoms in total. The number of hydrogen-bond acceptors (Lipinski definition) is 2. The van der Waals surface area contributed by atoms with E-state index in [1.807, 2.05) is 4.90 Å². The fourth-order valence-electron chi connectivity index (χ4n) is 2.63. The standard InChI is InChI=1S/C14H28N2O/c1-5-6-12(15)13(17)16-9-7-11(8-10-16)14(2,3)4/h11-12H,5-10,15H2,1-4H3/t12-/m1/s1. The average molecular weight is 240 g/mol. The predicted octanol–water partition coefficient (Wildman–Crippen LogP) is 2.40. The second-order valence-corrected chi connectivity index (χ2v) is 6.36. The smallest absolute Gasteiger partial charge is 0.239 e. The first kappa shape index (κ1) is 14.5. The van der Waals surface area contributed by atoms with Gasteiger partial charge in [-0.15, -0.1) is 0 Å². The van der Waals surface area contributed by atoms with Crippen molar-refractivity contribution in [3.8, 4) is 0 Å². The molecule has 0 radical (unpaired) electrons. The van der Waals surface area contributed by atoms with Gasteiger partial charge in [0.15, 0.2) is 0 Å². The molecule has 0 aromatic rings. The molecule has 0 aliphatic carbocycles. The maximum absolute atomic E-state index is 12.0. The Morgan fingerprint density at radius 2 is 1.88 bits per heavy atom. The molecule has 1 atom stereocenters. The molecule has 0 aromatic carbocycles. The highest BCUT2D eigenvalue weighted by Crippen LogP contribution is 2.34. The second-order valence-electron chi connectivity index (χ2n) is 6.36. The Morgan fingerprint density at radius 1 is 1.35 bits per heavy atom. The Balaban J connectivity index is 2.44. The summed E-state index contributed by atoms with van der Waals surface area (Å²) in [6.07, 6.45) is 4.02. The van der Waals surface area contributed by atoms with Crippen LogP contribution in [0.1, 0.15) is 53.4 Å². The van der Waals surface area contributed by atoms with Gasteiger partial charge in [0.25, 0.3) is 0 Å². The molecule has 0 saturated carbocycles. The van der Waals surface area contributed by atoms with Crippen molar-refractivity contribution in [2.45, 2.75) is 59.4 Å². The largest absolute Gasteiger partial charge is 0.341 e. The van der Waals surface area contributed by atoms with Crippen LogP contribution in [-0.4, -0.2) is 29.9 Å². The minimum atomic E-state index is -0.286. The molecule has 17 heavy (non-hydrogen) atoms. The maximum atomic E-state index is 12.0. The van der Waals surface area contributed by atoms with Gasteiger partial charge in [-0.25, -0.2) is 0 Å². The van der Waals surface area contributed by atoms with Gasteiger partial charge in [-0.1, -0.05) is 34.1 Å². The number of carbonyl (C=O) groups excluding carboxylic acids is 1. The SMILES string of the molecule is CCC[C@@H](N)C(=O)N1CCC(C(C)(C)C)CC1. The van der Waals surface area contributed by atoms with E-state index >= 15 is 0 Å². The van der Waals surface area contributed by atoms with Gasteiger partial charge in [0, 0.05) is 13.1 Å². The molecular weight excluding hydrogens is 212 g/mol. The Bertz CT molecular complexity index is 249. The second kappa shape index (κ2) is 5.85. The van der Waals surface area contributed by atoms with Crippen LogP contribution in [0.5, 0.6) is 0 Å². The summed E-state index contributed by atoms with van der Waals surface area (Å²) >= 11 is 0. The highest BCUT2D eigenvalue weighted by Gasteiger charge is 2.31. The molecular formula is C14H28N2O. The molecule has 1 heterocycles. The van der Waals surface area contributed by atoms with Crippen molar-refractivity contribution in [1.82, 2.24) is 4.90 Å². The Kier molecular flexibility index (Phi) is 4.99. The summed E-state index contributed by atoms with van der Waals surface area (Å²) in [5.74, 6) is 0.883. The Hall–Kier alpha value is -0.570. The molecule has 1 saturated heterocycles. The summed E-state index contributed by atoms with van der Waals surface area (Å²) in [6, 6.07) is -0.286. The van der Waals surface area contributed by atoms with Crippen molar-refractivity contribution in [3.63, 3.8) is 0 Å². The van der Waals surface area contributed by atoms with E-state index in [-0.39, 0.29) is 11.9 Å². The van der Waals surface area contributed by atoms with Crippen molar-refractivity contribution >= 4 is 5.91 Å². The van der Waals surface area contributed by atoms with Crippen LogP contribution in [0.3, 0.4) is 0 Å². The zero-order valence-corrected chi connectivity index (χ0v) is 11.8. The minimum Gasteiger partial charge on any atom is -0.341 e. The highest BCUT2D eigenvalue weighted by molar-refractivity contribution is 5.81. The first-order valence-corrected chi connectivity index (χ1v) is 6.90. The summed E-state index contributed by atoms with van der Waals surface area (Å²) in [5.41, 5.74) is 6.25. The van der Waals surface area contributed by atoms with Crippen LogP contribution in [0.2, 0.25) is 0 Å². The Morgan fingerprint density at radius 3 is 2.29 bits per heavy atom. The number of carbonyl (C=O) groups is 1. The van der Waals surface area contributed by atoms with Crippen molar-refractivity contribution in [2.24, 2.45) is 17.1 Å². The summed E-state index contributed by atoms with van der Waals surface area (Å²) in [4.78, 5) is 14.0. The summed E-state index contributed by atoms with van der Waals surface area (Å²) in [7, 11) is 0. The first-order chi connectivity index (χ1) is 7.86. The van der Waals surface area contributed by atoms with Crippen LogP contribution in [0.25, 0.3) is 0 Å². The lowest BCUT2D eigenvalue weighted by Gasteiger charge is -2.39. The van der Waals surface area contributed by atoms with E-state index in [0.29, 0.717) is 5.41 Å². The van der Waals surface area contributed by atoms with Gasteiger partial charge in [-0.2, -0.15) is 0 Å². The lowest BCUT2D eigenvalue weighted by Crippen LogP contribution is -2.48. The topological polar surface area (TPSA) is 46.3 Å². The van der Waals surface area contributed by atoms with Crippen molar-refractivity contribution < 1.29 is 4.79 Å². The summed E-state index contributed by atoms with van der Waals surface area (Å²) < 4.78 is 0. The van der Waals surface area contributed by atoms with E-state index < -0.39 is 0 Å². The fraction of sp³-hybridized carbons (Fsp3) is 0.929. The van der Waals surface area contributed by atoms with Crippen LogP contribution >= 0.6 is 0 Å². The normalized spacial score (nSPS) is 20.4. The molecule has 1 aliphatic rings. The number of piperidine rings is 1. The van der Waals surface area contributed by atoms with Crippen molar-refractivity contribution in [1.29, 1.82) is 0 Å². The molecule has 0 spiro atoms. The van der Waals surface area contributed by atoms with Crippen LogP contribution in [0.15, 0.2) is 0 Å². The quantitative estimate of drug-likeness (QED) is 0.823. The van der Waals surface area contributed by atoms with Gasteiger partial charge in [0.05, 0.1) is 6.04 Å². The van der Waals surface area contributed by atoms with E-state index in [0.717, 1.165) is 44.7 Å². The third-order valence-corrected chi connectivity index (χ3v) is 3.95. The predicted molar refractivity (Wildman–Crippen MR) is 71.6 cm³/mol. The molecule has 2 N–H and O–H groups in total. The molecule has 1 rings (SSSR count). The Labute approximate surface area is 106 Å². The van der Waals surface area contributed by atoms with E-state index in [9.17, 15) is 4.79 Å². The number of nitrogens with zero attached hydrogens (tertiary/aromatic N) is 1.